The zero-order chi connectivity index (χ0) is 19.8. The molecule has 27 heavy (non-hydrogen) atoms. The fraction of sp³-hybridized carbons (Fsp3) is 0.778. The third-order valence-corrected chi connectivity index (χ3v) is 6.94. The van der Waals surface area contributed by atoms with Gasteiger partial charge in [-0.15, -0.1) is 0 Å². The molecule has 0 amide bonds. The Kier molecular flexibility index (Phi) is 6.05. The van der Waals surface area contributed by atoms with Crippen LogP contribution in [0.4, 0.5) is 5.82 Å². The van der Waals surface area contributed by atoms with Crippen LogP contribution < -0.4 is 4.90 Å². The lowest BCUT2D eigenvalue weighted by Crippen LogP contribution is -2.57. The number of hydrogen-bond acceptors (Lipinski definition) is 6. The molecule has 2 fully saturated rings. The number of aryl methyl sites for hydroxylation is 1. The lowest BCUT2D eigenvalue weighted by atomic mass is 10.2. The van der Waals surface area contributed by atoms with Gasteiger partial charge in [0.05, 0.1) is 12.2 Å². The summed E-state index contributed by atoms with van der Waals surface area (Å²) in [7, 11) is -3.46. The zero-order valence-corrected chi connectivity index (χ0v) is 17.7. The van der Waals surface area contributed by atoms with Crippen molar-refractivity contribution in [3.8, 4) is 0 Å². The number of ether oxygens (including phenoxy) is 1. The monoisotopic (exact) mass is 397 g/mol. The predicted molar refractivity (Wildman–Crippen MR) is 105 cm³/mol. The van der Waals surface area contributed by atoms with Gasteiger partial charge in [0.2, 0.25) is 0 Å². The first-order chi connectivity index (χ1) is 12.7. The molecule has 152 valence electrons. The summed E-state index contributed by atoms with van der Waals surface area (Å²) < 4.78 is 34.9. The van der Waals surface area contributed by atoms with Crippen LogP contribution in [0.25, 0.3) is 0 Å². The Morgan fingerprint density at radius 2 is 1.63 bits per heavy atom. The molecular formula is C18H31N5O3S. The molecule has 2 saturated heterocycles. The van der Waals surface area contributed by atoms with Crippen LogP contribution in [0.1, 0.15) is 45.1 Å². The molecule has 0 radical (unpaired) electrons. The van der Waals surface area contributed by atoms with Crippen LogP contribution in [0.2, 0.25) is 0 Å². The molecule has 0 aliphatic carbocycles. The van der Waals surface area contributed by atoms with Crippen molar-refractivity contribution in [1.82, 2.24) is 18.6 Å². The number of anilines is 1. The molecular weight excluding hydrogens is 366 g/mol. The van der Waals surface area contributed by atoms with Crippen molar-refractivity contribution < 1.29 is 13.2 Å². The van der Waals surface area contributed by atoms with Crippen molar-refractivity contribution in [3.63, 3.8) is 0 Å². The Morgan fingerprint density at radius 3 is 2.19 bits per heavy atom. The first-order valence-corrected chi connectivity index (χ1v) is 11.1. The van der Waals surface area contributed by atoms with Gasteiger partial charge in [0.15, 0.2) is 0 Å². The van der Waals surface area contributed by atoms with Crippen LogP contribution in [0.5, 0.6) is 0 Å². The van der Waals surface area contributed by atoms with Crippen LogP contribution in [0.15, 0.2) is 6.07 Å². The molecule has 0 spiro atoms. The molecule has 9 heteroatoms. The highest BCUT2D eigenvalue weighted by atomic mass is 32.2. The minimum atomic E-state index is -3.46. The van der Waals surface area contributed by atoms with Gasteiger partial charge in [-0.1, -0.05) is 13.8 Å². The number of piperazine rings is 1. The predicted octanol–water partition coefficient (Wildman–Crippen LogP) is 1.38. The normalized spacial score (nSPS) is 25.9. The maximum atomic E-state index is 13.0. The van der Waals surface area contributed by atoms with E-state index in [0.29, 0.717) is 39.3 Å². The summed E-state index contributed by atoms with van der Waals surface area (Å²) in [5.41, 5.74) is 0.940. The fourth-order valence-electron chi connectivity index (χ4n) is 3.62. The molecule has 2 atom stereocenters. The molecule has 0 unspecified atom stereocenters. The second-order valence-electron chi connectivity index (χ2n) is 7.85. The topological polar surface area (TPSA) is 78.9 Å². The van der Waals surface area contributed by atoms with Crippen LogP contribution in [0, 0.1) is 6.92 Å². The smallest absolute Gasteiger partial charge is 0.282 e. The van der Waals surface area contributed by atoms with E-state index in [1.807, 2.05) is 26.8 Å². The minimum Gasteiger partial charge on any atom is -0.373 e. The molecule has 0 bridgehead atoms. The van der Waals surface area contributed by atoms with E-state index in [0.717, 1.165) is 17.3 Å². The Balaban J connectivity index is 1.68. The fourth-order valence-corrected chi connectivity index (χ4v) is 5.37. The minimum absolute atomic E-state index is 0.0803. The molecule has 0 N–H and O–H groups in total. The summed E-state index contributed by atoms with van der Waals surface area (Å²) in [6, 6.07) is 1.97. The van der Waals surface area contributed by atoms with Crippen molar-refractivity contribution >= 4 is 16.0 Å². The SMILES string of the molecule is Cc1cc(N2CCN(S(=O)(=O)N3C[C@@H](C)O[C@H](C)C3)CC2)nc(C(C)C)n1. The zero-order valence-electron chi connectivity index (χ0n) is 16.9. The van der Waals surface area contributed by atoms with Gasteiger partial charge in [-0.25, -0.2) is 9.97 Å². The highest BCUT2D eigenvalue weighted by Gasteiger charge is 2.36. The van der Waals surface area contributed by atoms with Gasteiger partial charge in [0, 0.05) is 56.9 Å². The van der Waals surface area contributed by atoms with Crippen molar-refractivity contribution in [2.24, 2.45) is 0 Å². The van der Waals surface area contributed by atoms with Crippen molar-refractivity contribution in [1.29, 1.82) is 0 Å². The highest BCUT2D eigenvalue weighted by Crippen LogP contribution is 2.22. The first-order valence-electron chi connectivity index (χ1n) is 9.68. The number of nitrogens with zero attached hydrogens (tertiary/aromatic N) is 5. The summed E-state index contributed by atoms with van der Waals surface area (Å²) in [6.07, 6.45) is -0.161. The van der Waals surface area contributed by atoms with Crippen molar-refractivity contribution in [2.75, 3.05) is 44.2 Å². The van der Waals surface area contributed by atoms with Gasteiger partial charge in [0.1, 0.15) is 11.6 Å². The van der Waals surface area contributed by atoms with Crippen LogP contribution in [-0.4, -0.2) is 78.5 Å². The highest BCUT2D eigenvalue weighted by molar-refractivity contribution is 7.86. The number of rotatable bonds is 4. The van der Waals surface area contributed by atoms with E-state index >= 15 is 0 Å². The number of aromatic nitrogens is 2. The third-order valence-electron chi connectivity index (χ3n) is 4.98. The summed E-state index contributed by atoms with van der Waals surface area (Å²) in [6.45, 7) is 13.0. The van der Waals surface area contributed by atoms with E-state index in [1.165, 1.54) is 0 Å². The van der Waals surface area contributed by atoms with Gasteiger partial charge in [-0.05, 0) is 20.8 Å². The van der Waals surface area contributed by atoms with Crippen LogP contribution in [-0.2, 0) is 14.9 Å². The second kappa shape index (κ2) is 7.98. The molecule has 1 aromatic heterocycles. The third kappa shape index (κ3) is 4.59. The average molecular weight is 398 g/mol. The molecule has 2 aliphatic heterocycles. The Morgan fingerprint density at radius 1 is 1.04 bits per heavy atom. The molecule has 3 heterocycles. The van der Waals surface area contributed by atoms with Gasteiger partial charge in [-0.3, -0.25) is 0 Å². The van der Waals surface area contributed by atoms with Gasteiger partial charge < -0.3 is 9.64 Å². The molecule has 8 nitrogen and oxygen atoms in total. The Bertz CT molecular complexity index is 752. The van der Waals surface area contributed by atoms with Crippen molar-refractivity contribution in [3.05, 3.63) is 17.6 Å². The van der Waals surface area contributed by atoms with Crippen LogP contribution >= 0.6 is 0 Å². The number of morpholine rings is 1. The second-order valence-corrected chi connectivity index (χ2v) is 9.78. The molecule has 2 aliphatic rings. The summed E-state index contributed by atoms with van der Waals surface area (Å²) in [5, 5.41) is 0. The van der Waals surface area contributed by atoms with E-state index in [1.54, 1.807) is 8.61 Å². The summed E-state index contributed by atoms with van der Waals surface area (Å²) >= 11 is 0. The molecule has 0 aromatic carbocycles. The maximum absolute atomic E-state index is 13.0. The number of hydrogen-bond donors (Lipinski definition) is 0. The van der Waals surface area contributed by atoms with Gasteiger partial charge in [-0.2, -0.15) is 17.0 Å². The van der Waals surface area contributed by atoms with E-state index < -0.39 is 10.2 Å². The van der Waals surface area contributed by atoms with Gasteiger partial charge >= 0.3 is 0 Å². The van der Waals surface area contributed by atoms with Gasteiger partial charge in [0.25, 0.3) is 10.2 Å². The average Bonchev–Trinajstić information content (AvgIpc) is 2.60. The summed E-state index contributed by atoms with van der Waals surface area (Å²) in [5.74, 6) is 1.98. The summed E-state index contributed by atoms with van der Waals surface area (Å²) in [4.78, 5) is 11.3. The Hall–Kier alpha value is -1.29. The van der Waals surface area contributed by atoms with Crippen LogP contribution in [0.3, 0.4) is 0 Å². The molecule has 1 aromatic rings. The lowest BCUT2D eigenvalue weighted by molar-refractivity contribution is -0.0455. The van der Waals surface area contributed by atoms with Crippen molar-refractivity contribution in [2.45, 2.75) is 52.7 Å². The molecule has 0 saturated carbocycles. The maximum Gasteiger partial charge on any atom is 0.282 e. The van der Waals surface area contributed by atoms with E-state index in [9.17, 15) is 8.42 Å². The first kappa shape index (κ1) is 20.4. The quantitative estimate of drug-likeness (QED) is 0.764. The van der Waals surface area contributed by atoms with E-state index in [2.05, 4.69) is 28.7 Å². The molecule has 3 rings (SSSR count). The largest absolute Gasteiger partial charge is 0.373 e. The van der Waals surface area contributed by atoms with E-state index in [-0.39, 0.29) is 18.1 Å². The Labute approximate surface area is 162 Å². The van der Waals surface area contributed by atoms with E-state index in [4.69, 9.17) is 4.74 Å². The lowest BCUT2D eigenvalue weighted by Gasteiger charge is -2.40. The standard InChI is InChI=1S/C18H31N5O3S/c1-13(2)18-19-14(3)10-17(20-18)21-6-8-22(9-7-21)27(24,25)23-11-15(4)26-16(5)12-23/h10,13,15-16H,6-9,11-12H2,1-5H3/t15-,16-/m1/s1.